The fourth-order valence-electron chi connectivity index (χ4n) is 2.77. The Hall–Kier alpha value is -1.91. The molecule has 0 bridgehead atoms. The van der Waals surface area contributed by atoms with Crippen LogP contribution in [-0.4, -0.2) is 24.1 Å². The van der Waals surface area contributed by atoms with E-state index in [1.54, 1.807) is 11.3 Å². The highest BCUT2D eigenvalue weighted by Gasteiger charge is 2.15. The summed E-state index contributed by atoms with van der Waals surface area (Å²) in [6, 6.07) is 15.5. The van der Waals surface area contributed by atoms with Gasteiger partial charge < -0.3 is 10.6 Å². The van der Waals surface area contributed by atoms with E-state index in [1.165, 1.54) is 22.8 Å². The van der Waals surface area contributed by atoms with Crippen LogP contribution in [0.15, 0.2) is 47.8 Å². The van der Waals surface area contributed by atoms with Gasteiger partial charge in [0.2, 0.25) is 0 Å². The number of anilines is 1. The Bertz CT molecular complexity index is 759. The third kappa shape index (κ3) is 2.64. The highest BCUT2D eigenvalue weighted by Crippen LogP contribution is 2.28. The smallest absolute Gasteiger partial charge is 0.183 e. The summed E-state index contributed by atoms with van der Waals surface area (Å²) in [5.41, 5.74) is 2.24. The Kier molecular flexibility index (Phi) is 3.33. The number of thiazole rings is 1. The zero-order chi connectivity index (χ0) is 14.1. The first kappa shape index (κ1) is 12.8. The number of aromatic nitrogens is 1. The highest BCUT2D eigenvalue weighted by atomic mass is 32.1. The van der Waals surface area contributed by atoms with Gasteiger partial charge in [-0.15, -0.1) is 11.3 Å². The average Bonchev–Trinajstić information content (AvgIpc) is 3.19. The fourth-order valence-corrected chi connectivity index (χ4v) is 3.57. The van der Waals surface area contributed by atoms with Crippen LogP contribution in [0.25, 0.3) is 22.0 Å². The summed E-state index contributed by atoms with van der Waals surface area (Å²) in [6.45, 7) is 2.13. The topological polar surface area (TPSA) is 37.0 Å². The molecule has 1 atom stereocenters. The van der Waals surface area contributed by atoms with Crippen molar-refractivity contribution in [1.29, 1.82) is 0 Å². The highest BCUT2D eigenvalue weighted by molar-refractivity contribution is 7.14. The number of fused-ring (bicyclic) bond motifs is 1. The molecule has 21 heavy (non-hydrogen) atoms. The minimum Gasteiger partial charge on any atom is -0.357 e. The van der Waals surface area contributed by atoms with E-state index in [0.717, 1.165) is 23.9 Å². The molecule has 106 valence electrons. The van der Waals surface area contributed by atoms with Crippen LogP contribution >= 0.6 is 11.3 Å². The maximum atomic E-state index is 4.73. The first-order chi connectivity index (χ1) is 10.4. The minimum atomic E-state index is 0.514. The maximum absolute atomic E-state index is 4.73. The lowest BCUT2D eigenvalue weighted by Crippen LogP contribution is -2.21. The van der Waals surface area contributed by atoms with Crippen molar-refractivity contribution in [1.82, 2.24) is 10.3 Å². The molecule has 1 fully saturated rings. The lowest BCUT2D eigenvalue weighted by Gasteiger charge is -2.08. The molecular weight excluding hydrogens is 278 g/mol. The summed E-state index contributed by atoms with van der Waals surface area (Å²) in [4.78, 5) is 4.73. The lowest BCUT2D eigenvalue weighted by atomic mass is 10.1. The molecule has 3 aromatic rings. The van der Waals surface area contributed by atoms with E-state index in [4.69, 9.17) is 4.98 Å². The summed E-state index contributed by atoms with van der Waals surface area (Å²) >= 11 is 1.69. The van der Waals surface area contributed by atoms with Crippen LogP contribution in [0, 0.1) is 0 Å². The number of hydrogen-bond donors (Lipinski definition) is 2. The first-order valence-corrected chi connectivity index (χ1v) is 8.18. The quantitative estimate of drug-likeness (QED) is 0.773. The van der Waals surface area contributed by atoms with Gasteiger partial charge in [0.05, 0.1) is 5.69 Å². The van der Waals surface area contributed by atoms with Crippen LogP contribution in [0.1, 0.15) is 6.42 Å². The third-order valence-corrected chi connectivity index (χ3v) is 4.71. The van der Waals surface area contributed by atoms with Gasteiger partial charge in [-0.25, -0.2) is 4.98 Å². The number of nitrogens with zero attached hydrogens (tertiary/aromatic N) is 1. The predicted octanol–water partition coefficient (Wildman–Crippen LogP) is 3.74. The second-order valence-corrected chi connectivity index (χ2v) is 6.29. The van der Waals surface area contributed by atoms with Crippen LogP contribution in [0.4, 0.5) is 5.13 Å². The third-order valence-electron chi connectivity index (χ3n) is 3.94. The van der Waals surface area contributed by atoms with Crippen molar-refractivity contribution in [3.63, 3.8) is 0 Å². The molecule has 4 rings (SSSR count). The standard InChI is InChI=1S/C17H17N3S/c1-2-4-13-9-14(6-5-12(13)3-1)16-11-21-17(20-16)19-15-7-8-18-10-15/h1-6,9,11,15,18H,7-8,10H2,(H,19,20). The zero-order valence-electron chi connectivity index (χ0n) is 11.7. The van der Waals surface area contributed by atoms with Gasteiger partial charge >= 0.3 is 0 Å². The molecule has 2 aromatic carbocycles. The van der Waals surface area contributed by atoms with Crippen molar-refractivity contribution in [3.8, 4) is 11.3 Å². The van der Waals surface area contributed by atoms with E-state index in [1.807, 2.05) is 0 Å². The van der Waals surface area contributed by atoms with E-state index >= 15 is 0 Å². The Morgan fingerprint density at radius 1 is 1.14 bits per heavy atom. The van der Waals surface area contributed by atoms with Gasteiger partial charge in [0, 0.05) is 23.5 Å². The Morgan fingerprint density at radius 3 is 2.90 bits per heavy atom. The predicted molar refractivity (Wildman–Crippen MR) is 90.0 cm³/mol. The molecule has 0 amide bonds. The van der Waals surface area contributed by atoms with Crippen molar-refractivity contribution < 1.29 is 0 Å². The van der Waals surface area contributed by atoms with Crippen molar-refractivity contribution >= 4 is 27.2 Å². The average molecular weight is 295 g/mol. The van der Waals surface area contributed by atoms with Gasteiger partial charge in [0.1, 0.15) is 0 Å². The molecule has 2 heterocycles. The van der Waals surface area contributed by atoms with Crippen LogP contribution in [0.2, 0.25) is 0 Å². The molecule has 2 N–H and O–H groups in total. The Labute approximate surface area is 128 Å². The van der Waals surface area contributed by atoms with Gasteiger partial charge in [-0.05, 0) is 29.8 Å². The summed E-state index contributed by atoms with van der Waals surface area (Å²) in [6.07, 6.45) is 1.17. The van der Waals surface area contributed by atoms with Gasteiger partial charge in [-0.2, -0.15) is 0 Å². The molecule has 1 saturated heterocycles. The SMILES string of the molecule is c1ccc2cc(-c3csc(NC4CCNC4)n3)ccc2c1. The second kappa shape index (κ2) is 5.47. The molecule has 1 unspecified atom stereocenters. The van der Waals surface area contributed by atoms with Crippen LogP contribution < -0.4 is 10.6 Å². The van der Waals surface area contributed by atoms with E-state index in [2.05, 4.69) is 58.5 Å². The maximum Gasteiger partial charge on any atom is 0.183 e. The number of benzene rings is 2. The first-order valence-electron chi connectivity index (χ1n) is 7.30. The van der Waals surface area contributed by atoms with Gasteiger partial charge in [-0.1, -0.05) is 36.4 Å². The van der Waals surface area contributed by atoms with Gasteiger partial charge in [-0.3, -0.25) is 0 Å². The normalized spacial score (nSPS) is 18.2. The second-order valence-electron chi connectivity index (χ2n) is 5.43. The Balaban J connectivity index is 1.61. The van der Waals surface area contributed by atoms with Crippen molar-refractivity contribution in [3.05, 3.63) is 47.8 Å². The molecular formula is C17H17N3S. The van der Waals surface area contributed by atoms with E-state index in [9.17, 15) is 0 Å². The minimum absolute atomic E-state index is 0.514. The number of nitrogens with one attached hydrogen (secondary N) is 2. The summed E-state index contributed by atoms with van der Waals surface area (Å²) in [5, 5.41) is 12.6. The fraction of sp³-hybridized carbons (Fsp3) is 0.235. The van der Waals surface area contributed by atoms with Crippen LogP contribution in [-0.2, 0) is 0 Å². The molecule has 1 aliphatic rings. The molecule has 4 heteroatoms. The van der Waals surface area contributed by atoms with Gasteiger partial charge in [0.25, 0.3) is 0 Å². The number of hydrogen-bond acceptors (Lipinski definition) is 4. The molecule has 0 aliphatic carbocycles. The van der Waals surface area contributed by atoms with E-state index < -0.39 is 0 Å². The van der Waals surface area contributed by atoms with Crippen LogP contribution in [0.5, 0.6) is 0 Å². The van der Waals surface area contributed by atoms with Gasteiger partial charge in [0.15, 0.2) is 5.13 Å². The molecule has 1 aliphatic heterocycles. The molecule has 0 spiro atoms. The summed E-state index contributed by atoms with van der Waals surface area (Å²) < 4.78 is 0. The van der Waals surface area contributed by atoms with E-state index in [-0.39, 0.29) is 0 Å². The molecule has 1 aromatic heterocycles. The van der Waals surface area contributed by atoms with Crippen molar-refractivity contribution in [2.45, 2.75) is 12.5 Å². The van der Waals surface area contributed by atoms with Crippen molar-refractivity contribution in [2.75, 3.05) is 18.4 Å². The zero-order valence-corrected chi connectivity index (χ0v) is 12.5. The monoisotopic (exact) mass is 295 g/mol. The van der Waals surface area contributed by atoms with Crippen LogP contribution in [0.3, 0.4) is 0 Å². The number of rotatable bonds is 3. The summed E-state index contributed by atoms with van der Waals surface area (Å²) in [5.74, 6) is 0. The molecule has 3 nitrogen and oxygen atoms in total. The molecule has 0 radical (unpaired) electrons. The Morgan fingerprint density at radius 2 is 2.05 bits per heavy atom. The molecule has 0 saturated carbocycles. The van der Waals surface area contributed by atoms with Crippen molar-refractivity contribution in [2.24, 2.45) is 0 Å². The van der Waals surface area contributed by atoms with E-state index in [0.29, 0.717) is 6.04 Å². The summed E-state index contributed by atoms with van der Waals surface area (Å²) in [7, 11) is 0. The lowest BCUT2D eigenvalue weighted by molar-refractivity contribution is 0.792. The largest absolute Gasteiger partial charge is 0.357 e.